The van der Waals surface area contributed by atoms with E-state index in [2.05, 4.69) is 56.5 Å². The Kier molecular flexibility index (Phi) is 6.11. The molecule has 0 atom stereocenters. The number of para-hydroxylation sites is 1. The average molecular weight is 445 g/mol. The van der Waals surface area contributed by atoms with Crippen molar-refractivity contribution in [3.8, 4) is 5.69 Å². The molecule has 2 amide bonds. The number of aryl methyl sites for hydroxylation is 4. The van der Waals surface area contributed by atoms with Crippen molar-refractivity contribution >= 4 is 29.0 Å². The van der Waals surface area contributed by atoms with Crippen LogP contribution >= 0.6 is 11.8 Å². The van der Waals surface area contributed by atoms with Crippen molar-refractivity contribution in [2.45, 2.75) is 47.6 Å². The third kappa shape index (κ3) is 4.05. The standard InChI is InChI=1S/C27H28N2O2S/c1-6-22-9-7-8-18(3)25(22)29-19(4)14-23(20(29)5)15-24-26(30)28(27(31)32-24)16-21-12-10-17(2)11-13-21/h7-15H,6,16H2,1-5H3/b24-15-. The van der Waals surface area contributed by atoms with Gasteiger partial charge in [-0.15, -0.1) is 0 Å². The van der Waals surface area contributed by atoms with Gasteiger partial charge in [0.15, 0.2) is 0 Å². The highest BCUT2D eigenvalue weighted by molar-refractivity contribution is 8.18. The first-order chi connectivity index (χ1) is 15.3. The molecule has 0 aliphatic carbocycles. The summed E-state index contributed by atoms with van der Waals surface area (Å²) in [5.41, 5.74) is 8.95. The summed E-state index contributed by atoms with van der Waals surface area (Å²) in [6.45, 7) is 10.8. The largest absolute Gasteiger partial charge is 0.317 e. The number of nitrogens with zero attached hydrogens (tertiary/aromatic N) is 2. The highest BCUT2D eigenvalue weighted by atomic mass is 32.2. The van der Waals surface area contributed by atoms with E-state index in [-0.39, 0.29) is 11.1 Å². The van der Waals surface area contributed by atoms with E-state index in [1.807, 2.05) is 37.3 Å². The lowest BCUT2D eigenvalue weighted by molar-refractivity contribution is -0.123. The van der Waals surface area contributed by atoms with Crippen molar-refractivity contribution in [3.63, 3.8) is 0 Å². The lowest BCUT2D eigenvalue weighted by atomic mass is 10.1. The van der Waals surface area contributed by atoms with Crippen molar-refractivity contribution in [1.82, 2.24) is 9.47 Å². The molecule has 164 valence electrons. The summed E-state index contributed by atoms with van der Waals surface area (Å²) in [7, 11) is 0. The van der Waals surface area contributed by atoms with Gasteiger partial charge >= 0.3 is 0 Å². The molecule has 5 heteroatoms. The Morgan fingerprint density at radius 2 is 1.69 bits per heavy atom. The van der Waals surface area contributed by atoms with Gasteiger partial charge in [-0.1, -0.05) is 55.0 Å². The van der Waals surface area contributed by atoms with E-state index in [4.69, 9.17) is 0 Å². The van der Waals surface area contributed by atoms with Crippen molar-refractivity contribution in [1.29, 1.82) is 0 Å². The van der Waals surface area contributed by atoms with Crippen molar-refractivity contribution in [2.24, 2.45) is 0 Å². The zero-order chi connectivity index (χ0) is 23.0. The lowest BCUT2D eigenvalue weighted by Gasteiger charge is -2.17. The first kappa shape index (κ1) is 22.2. The van der Waals surface area contributed by atoms with Crippen molar-refractivity contribution in [2.75, 3.05) is 0 Å². The predicted molar refractivity (Wildman–Crippen MR) is 132 cm³/mol. The number of benzene rings is 2. The van der Waals surface area contributed by atoms with Gasteiger partial charge < -0.3 is 4.57 Å². The van der Waals surface area contributed by atoms with Crippen LogP contribution in [0.3, 0.4) is 0 Å². The molecule has 4 rings (SSSR count). The summed E-state index contributed by atoms with van der Waals surface area (Å²) in [6.07, 6.45) is 2.81. The van der Waals surface area contributed by atoms with Crippen LogP contribution in [0.4, 0.5) is 4.79 Å². The topological polar surface area (TPSA) is 42.3 Å². The molecule has 32 heavy (non-hydrogen) atoms. The molecule has 1 aliphatic heterocycles. The van der Waals surface area contributed by atoms with Crippen LogP contribution in [0.15, 0.2) is 53.4 Å². The molecule has 0 bridgehead atoms. The monoisotopic (exact) mass is 444 g/mol. The van der Waals surface area contributed by atoms with E-state index in [1.54, 1.807) is 0 Å². The van der Waals surface area contributed by atoms with E-state index in [1.165, 1.54) is 21.7 Å². The maximum atomic E-state index is 13.0. The highest BCUT2D eigenvalue weighted by Gasteiger charge is 2.35. The number of aromatic nitrogens is 1. The normalized spacial score (nSPS) is 15.3. The van der Waals surface area contributed by atoms with Crippen LogP contribution in [0, 0.1) is 27.7 Å². The zero-order valence-corrected chi connectivity index (χ0v) is 20.0. The lowest BCUT2D eigenvalue weighted by Crippen LogP contribution is -2.27. The number of rotatable bonds is 5. The molecule has 1 aliphatic rings. The quantitative estimate of drug-likeness (QED) is 0.421. The average Bonchev–Trinajstić information content (AvgIpc) is 3.19. The highest BCUT2D eigenvalue weighted by Crippen LogP contribution is 2.35. The van der Waals surface area contributed by atoms with Crippen LogP contribution in [-0.2, 0) is 17.8 Å². The summed E-state index contributed by atoms with van der Waals surface area (Å²) in [5, 5.41) is -0.220. The molecule has 3 aromatic rings. The van der Waals surface area contributed by atoms with Crippen LogP contribution in [0.25, 0.3) is 11.8 Å². The molecular weight excluding hydrogens is 416 g/mol. The molecule has 0 spiro atoms. The van der Waals surface area contributed by atoms with Gasteiger partial charge in [-0.25, -0.2) is 0 Å². The third-order valence-electron chi connectivity index (χ3n) is 6.02. The summed E-state index contributed by atoms with van der Waals surface area (Å²) >= 11 is 1.02. The Morgan fingerprint density at radius 3 is 2.38 bits per heavy atom. The number of carbonyl (C=O) groups is 2. The Balaban J connectivity index is 1.67. The van der Waals surface area contributed by atoms with E-state index in [0.29, 0.717) is 11.4 Å². The van der Waals surface area contributed by atoms with Gasteiger partial charge in [-0.3, -0.25) is 14.5 Å². The summed E-state index contributed by atoms with van der Waals surface area (Å²) in [5.74, 6) is -0.226. The molecule has 4 nitrogen and oxygen atoms in total. The van der Waals surface area contributed by atoms with Gasteiger partial charge in [0.1, 0.15) is 0 Å². The maximum absolute atomic E-state index is 13.0. The number of hydrogen-bond donors (Lipinski definition) is 0. The van der Waals surface area contributed by atoms with Gasteiger partial charge in [0.2, 0.25) is 0 Å². The van der Waals surface area contributed by atoms with E-state index >= 15 is 0 Å². The second-order valence-corrected chi connectivity index (χ2v) is 9.34. The molecule has 0 radical (unpaired) electrons. The van der Waals surface area contributed by atoms with Gasteiger partial charge in [0.25, 0.3) is 11.1 Å². The molecule has 0 unspecified atom stereocenters. The molecular formula is C27H28N2O2S. The molecule has 1 saturated heterocycles. The van der Waals surface area contributed by atoms with Gasteiger partial charge in [0, 0.05) is 11.4 Å². The molecule has 2 aromatic carbocycles. The van der Waals surface area contributed by atoms with Crippen molar-refractivity contribution < 1.29 is 9.59 Å². The maximum Gasteiger partial charge on any atom is 0.293 e. The summed E-state index contributed by atoms with van der Waals surface area (Å²) < 4.78 is 2.26. The minimum Gasteiger partial charge on any atom is -0.317 e. The second-order valence-electron chi connectivity index (χ2n) is 8.35. The third-order valence-corrected chi connectivity index (χ3v) is 6.92. The van der Waals surface area contributed by atoms with Crippen LogP contribution < -0.4 is 0 Å². The van der Waals surface area contributed by atoms with Crippen LogP contribution in [-0.4, -0.2) is 20.6 Å². The van der Waals surface area contributed by atoms with Crippen LogP contribution in [0.1, 0.15) is 46.1 Å². The molecule has 1 fully saturated rings. The fraction of sp³-hybridized carbons (Fsp3) is 0.259. The van der Waals surface area contributed by atoms with Gasteiger partial charge in [-0.05, 0) is 80.3 Å². The molecule has 0 saturated carbocycles. The van der Waals surface area contributed by atoms with E-state index < -0.39 is 0 Å². The van der Waals surface area contributed by atoms with E-state index in [9.17, 15) is 9.59 Å². The van der Waals surface area contributed by atoms with Crippen molar-refractivity contribution in [3.05, 3.63) is 92.6 Å². The molecule has 0 N–H and O–H groups in total. The Hall–Kier alpha value is -3.05. The second kappa shape index (κ2) is 8.83. The van der Waals surface area contributed by atoms with Gasteiger partial charge in [-0.2, -0.15) is 0 Å². The predicted octanol–water partition coefficient (Wildman–Crippen LogP) is 6.51. The Morgan fingerprint density at radius 1 is 0.969 bits per heavy atom. The van der Waals surface area contributed by atoms with E-state index in [0.717, 1.165) is 46.3 Å². The van der Waals surface area contributed by atoms with Crippen LogP contribution in [0.2, 0.25) is 0 Å². The number of imide groups is 1. The number of hydrogen-bond acceptors (Lipinski definition) is 3. The SMILES string of the molecule is CCc1cccc(C)c1-n1c(C)cc(/C=C2\SC(=O)N(Cc3ccc(C)cc3)C2=O)c1C. The fourth-order valence-corrected chi connectivity index (χ4v) is 5.09. The minimum atomic E-state index is -0.226. The minimum absolute atomic E-state index is 0.220. The Bertz CT molecular complexity index is 1240. The summed E-state index contributed by atoms with van der Waals surface area (Å²) in [6, 6.07) is 16.4. The number of amides is 2. The smallest absolute Gasteiger partial charge is 0.293 e. The first-order valence-corrected chi connectivity index (χ1v) is 11.7. The summed E-state index contributed by atoms with van der Waals surface area (Å²) in [4.78, 5) is 27.4. The van der Waals surface area contributed by atoms with Crippen LogP contribution in [0.5, 0.6) is 0 Å². The van der Waals surface area contributed by atoms with Gasteiger partial charge in [0.05, 0.1) is 17.1 Å². The molecule has 1 aromatic heterocycles. The first-order valence-electron chi connectivity index (χ1n) is 10.9. The number of carbonyl (C=O) groups excluding carboxylic acids is 2. The molecule has 2 heterocycles. The Labute approximate surface area is 193 Å². The number of thioether (sulfide) groups is 1. The fourth-order valence-electron chi connectivity index (χ4n) is 4.26. The zero-order valence-electron chi connectivity index (χ0n) is 19.2.